The zero-order chi connectivity index (χ0) is 31.1. The van der Waals surface area contributed by atoms with Gasteiger partial charge in [-0.2, -0.15) is 0 Å². The molecule has 0 aliphatic rings. The van der Waals surface area contributed by atoms with Crippen molar-refractivity contribution in [1.29, 1.82) is 0 Å². The molecule has 0 radical (unpaired) electrons. The molecule has 5 aromatic rings. The molecule has 13 nitrogen and oxygen atoms in total. The number of carbonyl (C=O) groups is 2. The highest BCUT2D eigenvalue weighted by Gasteiger charge is 2.18. The molecule has 0 aliphatic heterocycles. The lowest BCUT2D eigenvalue weighted by Crippen LogP contribution is -2.20. The van der Waals surface area contributed by atoms with Crippen LogP contribution in [0, 0.1) is 0 Å². The van der Waals surface area contributed by atoms with Crippen LogP contribution in [0.3, 0.4) is 0 Å². The Kier molecular flexibility index (Phi) is 9.84. The van der Waals surface area contributed by atoms with E-state index in [0.717, 1.165) is 52.9 Å². The first-order chi connectivity index (χ1) is 21.4. The second kappa shape index (κ2) is 14.1. The van der Waals surface area contributed by atoms with Crippen LogP contribution in [-0.2, 0) is 24.4 Å². The van der Waals surface area contributed by atoms with Gasteiger partial charge in [-0.15, -0.1) is 10.2 Å². The van der Waals surface area contributed by atoms with E-state index in [9.17, 15) is 9.59 Å². The zero-order valence-electron chi connectivity index (χ0n) is 23.6. The molecule has 0 spiro atoms. The van der Waals surface area contributed by atoms with Gasteiger partial charge in [0.15, 0.2) is 11.4 Å². The molecule has 0 fully saturated rings. The van der Waals surface area contributed by atoms with Crippen LogP contribution in [0.5, 0.6) is 5.75 Å². The first-order valence-electron chi connectivity index (χ1n) is 13.7. The molecule has 0 atom stereocenters. The number of aldehydes is 1. The molecule has 0 saturated heterocycles. The van der Waals surface area contributed by atoms with Crippen molar-refractivity contribution in [3.63, 3.8) is 0 Å². The summed E-state index contributed by atoms with van der Waals surface area (Å²) in [5, 5.41) is 29.4. The van der Waals surface area contributed by atoms with Gasteiger partial charge >= 0.3 is 6.09 Å². The number of tetrazole rings is 1. The van der Waals surface area contributed by atoms with Crippen molar-refractivity contribution < 1.29 is 29.6 Å². The van der Waals surface area contributed by atoms with Crippen LogP contribution < -0.4 is 4.74 Å². The van der Waals surface area contributed by atoms with Gasteiger partial charge in [0.2, 0.25) is 5.82 Å². The molecule has 2 N–H and O–H groups in total. The third-order valence-corrected chi connectivity index (χ3v) is 6.99. The van der Waals surface area contributed by atoms with Gasteiger partial charge in [-0.1, -0.05) is 90.4 Å². The second-order valence-electron chi connectivity index (χ2n) is 9.70. The molecule has 2 heterocycles. The minimum absolute atomic E-state index is 0.167. The first-order valence-corrected chi connectivity index (χ1v) is 14.0. The van der Waals surface area contributed by atoms with E-state index in [1.807, 2.05) is 53.1 Å². The van der Waals surface area contributed by atoms with Crippen molar-refractivity contribution in [1.82, 2.24) is 35.1 Å². The lowest BCUT2D eigenvalue weighted by atomic mass is 9.98. The van der Waals surface area contributed by atoms with E-state index in [1.54, 1.807) is 18.2 Å². The van der Waals surface area contributed by atoms with E-state index in [2.05, 4.69) is 32.2 Å². The van der Waals surface area contributed by atoms with E-state index in [1.165, 1.54) is 6.07 Å². The van der Waals surface area contributed by atoms with Crippen LogP contribution in [0.4, 0.5) is 4.79 Å². The minimum Gasteiger partial charge on any atom is -0.408 e. The molecule has 226 valence electrons. The lowest BCUT2D eigenvalue weighted by molar-refractivity contribution is -0.497. The maximum absolute atomic E-state index is 12.7. The summed E-state index contributed by atoms with van der Waals surface area (Å²) in [7, 11) is 0. The van der Waals surface area contributed by atoms with Crippen molar-refractivity contribution in [3.05, 3.63) is 101 Å². The lowest BCUT2D eigenvalue weighted by Gasteiger charge is -2.11. The van der Waals surface area contributed by atoms with Gasteiger partial charge in [0.05, 0.1) is 12.0 Å². The van der Waals surface area contributed by atoms with Crippen molar-refractivity contribution in [3.8, 4) is 28.3 Å². The Morgan fingerprint density at radius 2 is 1.80 bits per heavy atom. The number of aromatic nitrogens is 6. The van der Waals surface area contributed by atoms with Gasteiger partial charge < -0.3 is 9.30 Å². The van der Waals surface area contributed by atoms with Gasteiger partial charge in [-0.05, 0) is 46.0 Å². The van der Waals surface area contributed by atoms with Crippen LogP contribution in [0.1, 0.15) is 47.2 Å². The molecule has 0 amide bonds. The highest BCUT2D eigenvalue weighted by molar-refractivity contribution is 6.31. The summed E-state index contributed by atoms with van der Waals surface area (Å²) in [5.74, 6) is 1.18. The molecule has 2 aromatic heterocycles. The fourth-order valence-corrected chi connectivity index (χ4v) is 4.81. The molecule has 14 heteroatoms. The average Bonchev–Trinajstić information content (AvgIpc) is 3.64. The average molecular weight is 618 g/mol. The molecule has 44 heavy (non-hydrogen) atoms. The smallest absolute Gasteiger partial charge is 0.408 e. The number of carbonyl (C=O) groups excluding carboxylic acids is 2. The summed E-state index contributed by atoms with van der Waals surface area (Å²) in [5.41, 5.74) is 4.21. The van der Waals surface area contributed by atoms with E-state index in [4.69, 9.17) is 26.8 Å². The molecule has 3 aromatic carbocycles. The summed E-state index contributed by atoms with van der Waals surface area (Å²) in [4.78, 5) is 34.2. The maximum atomic E-state index is 12.7. The van der Waals surface area contributed by atoms with Crippen molar-refractivity contribution in [2.24, 2.45) is 0 Å². The third kappa shape index (κ3) is 7.22. The molecule has 0 bridgehead atoms. The summed E-state index contributed by atoms with van der Waals surface area (Å²) in [6, 6.07) is 21.6. The first kappa shape index (κ1) is 30.7. The van der Waals surface area contributed by atoms with Crippen molar-refractivity contribution >= 4 is 24.0 Å². The Hall–Kier alpha value is -4.79. The molecule has 0 aliphatic carbocycles. The topological polar surface area (TPSA) is 158 Å². The van der Waals surface area contributed by atoms with Gasteiger partial charge in [-0.25, -0.2) is 14.6 Å². The number of imidazole rings is 1. The molecule has 0 unspecified atom stereocenters. The van der Waals surface area contributed by atoms with Crippen molar-refractivity contribution in [2.45, 2.75) is 39.3 Å². The predicted octanol–water partition coefficient (Wildman–Crippen LogP) is 5.62. The number of unbranched alkanes of at least 4 members (excludes halogenated alkanes) is 1. The monoisotopic (exact) mass is 617 g/mol. The number of benzene rings is 3. The van der Waals surface area contributed by atoms with Gasteiger partial charge in [0.1, 0.15) is 17.3 Å². The Labute approximate surface area is 256 Å². The Morgan fingerprint density at radius 3 is 2.52 bits per heavy atom. The van der Waals surface area contributed by atoms with Gasteiger partial charge in [0.25, 0.3) is 0 Å². The number of hydrogen-bond donors (Lipinski definition) is 2. The molecule has 5 rings (SSSR count). The van der Waals surface area contributed by atoms with E-state index >= 15 is 0 Å². The summed E-state index contributed by atoms with van der Waals surface area (Å²) in [6.07, 6.45) is 2.52. The van der Waals surface area contributed by atoms with Gasteiger partial charge in [0, 0.05) is 18.5 Å². The van der Waals surface area contributed by atoms with E-state index in [-0.39, 0.29) is 23.3 Å². The summed E-state index contributed by atoms with van der Waals surface area (Å²) < 4.78 is 7.21. The van der Waals surface area contributed by atoms with Crippen LogP contribution in [0.2, 0.25) is 5.15 Å². The summed E-state index contributed by atoms with van der Waals surface area (Å²) >= 11 is 6.23. The number of rotatable bonds is 12. The molecular formula is C30H28ClN7O6. The van der Waals surface area contributed by atoms with Crippen molar-refractivity contribution in [2.75, 3.05) is 0 Å². The van der Waals surface area contributed by atoms with E-state index in [0.29, 0.717) is 23.4 Å². The largest absolute Gasteiger partial charge is 0.459 e. The standard InChI is InChI=1S/C30H28ClN7O6/c1-2-3-11-27-32-28(31)26(18-39)36(27)17-20-12-14-22(15-13-20)24-9-4-5-10-25(24)29-33-35-37(34-29)30(40)44-23-8-6-7-21(16-23)19-43-38(41)42/h4-10,12-16,18,41-42H,2-3,11,17,19H2,1H3. The number of halogens is 1. The SMILES string of the molecule is CCCCc1nc(Cl)c(C=O)n1Cc1ccc(-c2ccccc2-c2nnn(C(=O)Oc3cccc(CON(O)O)c3)n2)cc1. The Balaban J connectivity index is 1.33. The number of nitrogens with zero attached hydrogens (tertiary/aromatic N) is 7. The molecule has 0 saturated carbocycles. The Bertz CT molecular complexity index is 1750. The maximum Gasteiger partial charge on any atom is 0.459 e. The predicted molar refractivity (Wildman–Crippen MR) is 157 cm³/mol. The number of aryl methyl sites for hydroxylation is 1. The Morgan fingerprint density at radius 1 is 1.02 bits per heavy atom. The molecular weight excluding hydrogens is 590 g/mol. The number of hydrogen-bond acceptors (Lipinski definition) is 11. The number of ether oxygens (including phenoxy) is 1. The second-order valence-corrected chi connectivity index (χ2v) is 10.1. The van der Waals surface area contributed by atoms with E-state index < -0.39 is 11.5 Å². The van der Waals surface area contributed by atoms with Crippen LogP contribution in [-0.4, -0.2) is 57.9 Å². The summed E-state index contributed by atoms with van der Waals surface area (Å²) in [6.45, 7) is 2.38. The van der Waals surface area contributed by atoms with Gasteiger partial charge in [-0.3, -0.25) is 15.2 Å². The fourth-order valence-electron chi connectivity index (χ4n) is 4.57. The zero-order valence-corrected chi connectivity index (χ0v) is 24.3. The highest BCUT2D eigenvalue weighted by Crippen LogP contribution is 2.30. The highest BCUT2D eigenvalue weighted by atomic mass is 35.5. The quantitative estimate of drug-likeness (QED) is 0.132. The van der Waals surface area contributed by atoms with Crippen LogP contribution >= 0.6 is 11.6 Å². The fraction of sp³-hybridized carbons (Fsp3) is 0.200. The minimum atomic E-state index is -0.887. The normalized spacial score (nSPS) is 11.2. The third-order valence-electron chi connectivity index (χ3n) is 6.71. The van der Waals surface area contributed by atoms with Crippen LogP contribution in [0.25, 0.3) is 22.5 Å². The van der Waals surface area contributed by atoms with Crippen LogP contribution in [0.15, 0.2) is 72.8 Å².